The molecule has 26 heavy (non-hydrogen) atoms. The van der Waals surface area contributed by atoms with Crippen molar-refractivity contribution < 1.29 is 9.53 Å². The topological polar surface area (TPSA) is 58.6 Å². The van der Waals surface area contributed by atoms with Crippen LogP contribution in [-0.4, -0.2) is 54.1 Å². The Morgan fingerprint density at radius 2 is 2.04 bits per heavy atom. The normalized spacial score (nSPS) is 14.7. The number of hydrogen-bond donors (Lipinski definition) is 0. The molecule has 0 aliphatic carbocycles. The minimum Gasteiger partial charge on any atom is -0.494 e. The first-order valence-electron chi connectivity index (χ1n) is 8.24. The Hall–Kier alpha value is -2.38. The molecule has 1 aliphatic rings. The van der Waals surface area contributed by atoms with Gasteiger partial charge in [-0.05, 0) is 24.3 Å². The molecule has 0 saturated carbocycles. The third-order valence-corrected chi connectivity index (χ3v) is 5.99. The van der Waals surface area contributed by atoms with E-state index < -0.39 is 0 Å². The largest absolute Gasteiger partial charge is 0.494 e. The minimum absolute atomic E-state index is 0.0202. The van der Waals surface area contributed by atoms with Crippen molar-refractivity contribution >= 4 is 44.2 Å². The molecule has 0 atom stereocenters. The third kappa shape index (κ3) is 3.08. The molecule has 134 valence electrons. The monoisotopic (exact) mass is 388 g/mol. The van der Waals surface area contributed by atoms with E-state index in [-0.39, 0.29) is 5.91 Å². The van der Waals surface area contributed by atoms with Crippen molar-refractivity contribution in [3.8, 4) is 5.75 Å². The van der Waals surface area contributed by atoms with Gasteiger partial charge in [0.25, 0.3) is 5.91 Å². The SMILES string of the molecule is COc1ccc(Cl)c2sc(N3CCN(C(=O)c4cccnc4)CC3)nc12. The average molecular weight is 389 g/mol. The number of amides is 1. The van der Waals surface area contributed by atoms with Crippen LogP contribution in [0.4, 0.5) is 5.13 Å². The molecule has 3 aromatic rings. The smallest absolute Gasteiger partial charge is 0.255 e. The molecular weight excluding hydrogens is 372 g/mol. The van der Waals surface area contributed by atoms with Gasteiger partial charge in [0.2, 0.25) is 0 Å². The van der Waals surface area contributed by atoms with Crippen LogP contribution < -0.4 is 9.64 Å². The number of aromatic nitrogens is 2. The van der Waals surface area contributed by atoms with Crippen molar-refractivity contribution in [2.45, 2.75) is 0 Å². The molecule has 1 fully saturated rings. The second-order valence-electron chi connectivity index (χ2n) is 5.94. The van der Waals surface area contributed by atoms with Gasteiger partial charge in [-0.3, -0.25) is 9.78 Å². The van der Waals surface area contributed by atoms with Gasteiger partial charge in [0, 0.05) is 38.6 Å². The Labute approximate surface area is 160 Å². The number of anilines is 1. The van der Waals surface area contributed by atoms with E-state index in [0.717, 1.165) is 34.2 Å². The highest BCUT2D eigenvalue weighted by molar-refractivity contribution is 7.22. The summed E-state index contributed by atoms with van der Waals surface area (Å²) in [7, 11) is 1.63. The Kier molecular flexibility index (Phi) is 4.65. The standard InChI is InChI=1S/C18H17ClN4O2S/c1-25-14-5-4-13(19)16-15(14)21-18(26-16)23-9-7-22(8-10-23)17(24)12-3-2-6-20-11-12/h2-6,11H,7-10H2,1H3. The Balaban J connectivity index is 1.51. The molecule has 1 saturated heterocycles. The summed E-state index contributed by atoms with van der Waals surface area (Å²) in [5.74, 6) is 0.740. The summed E-state index contributed by atoms with van der Waals surface area (Å²) >= 11 is 7.86. The summed E-state index contributed by atoms with van der Waals surface area (Å²) in [4.78, 5) is 25.3. The zero-order chi connectivity index (χ0) is 18.1. The second kappa shape index (κ2) is 7.09. The molecule has 2 aromatic heterocycles. The number of halogens is 1. The first-order chi connectivity index (χ1) is 12.7. The zero-order valence-electron chi connectivity index (χ0n) is 14.2. The summed E-state index contributed by atoms with van der Waals surface area (Å²) in [5, 5.41) is 1.58. The van der Waals surface area contributed by atoms with E-state index in [1.54, 1.807) is 43.0 Å². The van der Waals surface area contributed by atoms with Crippen LogP contribution in [0.3, 0.4) is 0 Å². The number of ether oxygens (including phenoxy) is 1. The van der Waals surface area contributed by atoms with Crippen LogP contribution in [0.25, 0.3) is 10.2 Å². The van der Waals surface area contributed by atoms with Crippen LogP contribution in [0.15, 0.2) is 36.7 Å². The molecule has 1 amide bonds. The number of benzene rings is 1. The fourth-order valence-electron chi connectivity index (χ4n) is 3.01. The lowest BCUT2D eigenvalue weighted by atomic mass is 10.2. The molecule has 0 bridgehead atoms. The predicted octanol–water partition coefficient (Wildman–Crippen LogP) is 3.32. The van der Waals surface area contributed by atoms with Gasteiger partial charge in [0.15, 0.2) is 5.13 Å². The molecule has 6 nitrogen and oxygen atoms in total. The summed E-state index contributed by atoms with van der Waals surface area (Å²) in [6, 6.07) is 7.24. The number of carbonyl (C=O) groups is 1. The van der Waals surface area contributed by atoms with E-state index in [1.165, 1.54) is 0 Å². The molecule has 0 spiro atoms. The first-order valence-corrected chi connectivity index (χ1v) is 9.44. The lowest BCUT2D eigenvalue weighted by Crippen LogP contribution is -2.48. The fraction of sp³-hybridized carbons (Fsp3) is 0.278. The van der Waals surface area contributed by atoms with Gasteiger partial charge in [-0.2, -0.15) is 0 Å². The highest BCUT2D eigenvalue weighted by Gasteiger charge is 2.24. The predicted molar refractivity (Wildman–Crippen MR) is 104 cm³/mol. The van der Waals surface area contributed by atoms with Crippen molar-refractivity contribution in [2.75, 3.05) is 38.2 Å². The van der Waals surface area contributed by atoms with Gasteiger partial charge in [0.05, 0.1) is 22.4 Å². The summed E-state index contributed by atoms with van der Waals surface area (Å²) < 4.78 is 6.31. The number of nitrogens with zero attached hydrogens (tertiary/aromatic N) is 4. The lowest BCUT2D eigenvalue weighted by molar-refractivity contribution is 0.0746. The van der Waals surface area contributed by atoms with E-state index in [2.05, 4.69) is 9.88 Å². The third-order valence-electron chi connectivity index (χ3n) is 4.41. The van der Waals surface area contributed by atoms with Crippen molar-refractivity contribution in [3.63, 3.8) is 0 Å². The van der Waals surface area contributed by atoms with Crippen LogP contribution in [-0.2, 0) is 0 Å². The quantitative estimate of drug-likeness (QED) is 0.688. The number of piperazine rings is 1. The molecule has 1 aromatic carbocycles. The molecule has 1 aliphatic heterocycles. The molecule has 4 rings (SSSR count). The zero-order valence-corrected chi connectivity index (χ0v) is 15.8. The molecule has 0 unspecified atom stereocenters. The maximum Gasteiger partial charge on any atom is 0.255 e. The number of rotatable bonds is 3. The number of carbonyl (C=O) groups excluding carboxylic acids is 1. The van der Waals surface area contributed by atoms with E-state index >= 15 is 0 Å². The van der Waals surface area contributed by atoms with Crippen LogP contribution in [0.1, 0.15) is 10.4 Å². The Bertz CT molecular complexity index is 939. The number of pyridine rings is 1. The lowest BCUT2D eigenvalue weighted by Gasteiger charge is -2.34. The van der Waals surface area contributed by atoms with Gasteiger partial charge in [-0.1, -0.05) is 22.9 Å². The molecule has 0 N–H and O–H groups in total. The first kappa shape index (κ1) is 17.1. The summed E-state index contributed by atoms with van der Waals surface area (Å²) in [6.07, 6.45) is 3.28. The van der Waals surface area contributed by atoms with Gasteiger partial charge >= 0.3 is 0 Å². The fourth-order valence-corrected chi connectivity index (χ4v) is 4.32. The Morgan fingerprint density at radius 1 is 1.23 bits per heavy atom. The molecule has 3 heterocycles. The minimum atomic E-state index is 0.0202. The van der Waals surface area contributed by atoms with Crippen molar-refractivity contribution in [1.82, 2.24) is 14.9 Å². The van der Waals surface area contributed by atoms with E-state index in [9.17, 15) is 4.79 Å². The van der Waals surface area contributed by atoms with Crippen molar-refractivity contribution in [3.05, 3.63) is 47.2 Å². The molecule has 0 radical (unpaired) electrons. The highest BCUT2D eigenvalue weighted by atomic mass is 35.5. The van der Waals surface area contributed by atoms with Crippen LogP contribution >= 0.6 is 22.9 Å². The number of methoxy groups -OCH3 is 1. The summed E-state index contributed by atoms with van der Waals surface area (Å²) in [6.45, 7) is 2.75. The van der Waals surface area contributed by atoms with E-state index in [4.69, 9.17) is 21.3 Å². The van der Waals surface area contributed by atoms with Crippen molar-refractivity contribution in [2.24, 2.45) is 0 Å². The summed E-state index contributed by atoms with van der Waals surface area (Å²) in [5.41, 5.74) is 1.41. The van der Waals surface area contributed by atoms with E-state index in [1.807, 2.05) is 17.0 Å². The molecular formula is C18H17ClN4O2S. The maximum atomic E-state index is 12.5. The number of thiazole rings is 1. The highest BCUT2D eigenvalue weighted by Crippen LogP contribution is 2.38. The number of fused-ring (bicyclic) bond motifs is 1. The van der Waals surface area contributed by atoms with Gasteiger partial charge in [-0.25, -0.2) is 4.98 Å². The van der Waals surface area contributed by atoms with Crippen molar-refractivity contribution in [1.29, 1.82) is 0 Å². The van der Waals surface area contributed by atoms with E-state index in [0.29, 0.717) is 23.7 Å². The van der Waals surface area contributed by atoms with Gasteiger partial charge < -0.3 is 14.5 Å². The van der Waals surface area contributed by atoms with Crippen LogP contribution in [0, 0.1) is 0 Å². The van der Waals surface area contributed by atoms with Crippen LogP contribution in [0.5, 0.6) is 5.75 Å². The maximum absolute atomic E-state index is 12.5. The van der Waals surface area contributed by atoms with Gasteiger partial charge in [-0.15, -0.1) is 0 Å². The van der Waals surface area contributed by atoms with Crippen LogP contribution in [0.2, 0.25) is 5.02 Å². The number of hydrogen-bond acceptors (Lipinski definition) is 6. The second-order valence-corrected chi connectivity index (χ2v) is 7.33. The average Bonchev–Trinajstić information content (AvgIpc) is 3.15. The Morgan fingerprint density at radius 3 is 2.73 bits per heavy atom. The van der Waals surface area contributed by atoms with Gasteiger partial charge in [0.1, 0.15) is 11.3 Å². The molecule has 8 heteroatoms.